The molecule has 2 aliphatic heterocycles. The Kier molecular flexibility index (Phi) is 5.91. The van der Waals surface area contributed by atoms with E-state index < -0.39 is 5.97 Å². The molecule has 2 aromatic carbocycles. The maximum absolute atomic E-state index is 11.1. The Hall–Kier alpha value is -3.18. The highest BCUT2D eigenvalue weighted by molar-refractivity contribution is 5.87. The molecule has 0 saturated carbocycles. The molecule has 2 fully saturated rings. The Morgan fingerprint density at radius 3 is 2.09 bits per heavy atom. The molecule has 3 atom stereocenters. The zero-order valence-electron chi connectivity index (χ0n) is 18.2. The van der Waals surface area contributed by atoms with Crippen molar-refractivity contribution in [1.29, 1.82) is 0 Å². The highest BCUT2D eigenvalue weighted by Gasteiger charge is 2.40. The second-order valence-corrected chi connectivity index (χ2v) is 9.10. The molecule has 0 aliphatic carbocycles. The summed E-state index contributed by atoms with van der Waals surface area (Å²) < 4.78 is 0. The van der Waals surface area contributed by atoms with Crippen LogP contribution in [0, 0.1) is 0 Å². The van der Waals surface area contributed by atoms with Crippen LogP contribution < -0.4 is 5.32 Å². The number of carboxylic acid groups (broad SMARTS) is 1. The Morgan fingerprint density at radius 1 is 0.875 bits per heavy atom. The normalized spacial score (nSPS) is 22.6. The van der Waals surface area contributed by atoms with E-state index in [1.54, 1.807) is 12.1 Å². The maximum Gasteiger partial charge on any atom is 0.335 e. The fourth-order valence-corrected chi connectivity index (χ4v) is 5.30. The van der Waals surface area contributed by atoms with Gasteiger partial charge in [0, 0.05) is 42.8 Å². The number of aromatic nitrogens is 1. The fraction of sp³-hybridized carbons (Fsp3) is 0.333. The first-order valence-electron chi connectivity index (χ1n) is 11.5. The third kappa shape index (κ3) is 4.68. The Bertz CT molecular complexity index is 1040. The van der Waals surface area contributed by atoms with Gasteiger partial charge in [0.1, 0.15) is 0 Å². The van der Waals surface area contributed by atoms with Crippen LogP contribution in [-0.2, 0) is 13.0 Å². The number of aromatic carboxylic acids is 1. The molecule has 5 rings (SSSR count). The lowest BCUT2D eigenvalue weighted by Crippen LogP contribution is -2.46. The molecule has 0 spiro atoms. The van der Waals surface area contributed by atoms with Gasteiger partial charge in [0.25, 0.3) is 0 Å². The van der Waals surface area contributed by atoms with Gasteiger partial charge in [0.05, 0.1) is 5.56 Å². The minimum Gasteiger partial charge on any atom is -0.478 e. The number of carbonyl (C=O) groups is 1. The average molecular weight is 428 g/mol. The third-order valence-corrected chi connectivity index (χ3v) is 6.93. The smallest absolute Gasteiger partial charge is 0.335 e. The molecular weight excluding hydrogens is 398 g/mol. The summed E-state index contributed by atoms with van der Waals surface area (Å²) in [5.74, 6) is -0.867. The van der Waals surface area contributed by atoms with Gasteiger partial charge in [0.15, 0.2) is 0 Å². The average Bonchev–Trinajstić information content (AvgIpc) is 3.03. The monoisotopic (exact) mass is 427 g/mol. The van der Waals surface area contributed by atoms with Crippen LogP contribution in [0.4, 0.5) is 5.69 Å². The summed E-state index contributed by atoms with van der Waals surface area (Å²) in [6, 6.07) is 22.0. The van der Waals surface area contributed by atoms with Crippen molar-refractivity contribution < 1.29 is 9.90 Å². The van der Waals surface area contributed by atoms with E-state index in [4.69, 9.17) is 5.11 Å². The van der Waals surface area contributed by atoms with E-state index in [-0.39, 0.29) is 0 Å². The van der Waals surface area contributed by atoms with Crippen LogP contribution in [0.3, 0.4) is 0 Å². The second-order valence-electron chi connectivity index (χ2n) is 9.10. The van der Waals surface area contributed by atoms with Crippen molar-refractivity contribution in [1.82, 2.24) is 9.88 Å². The van der Waals surface area contributed by atoms with Gasteiger partial charge in [-0.25, -0.2) is 4.79 Å². The van der Waals surface area contributed by atoms with Crippen LogP contribution in [0.25, 0.3) is 0 Å². The topological polar surface area (TPSA) is 65.5 Å². The molecule has 2 bridgehead atoms. The summed E-state index contributed by atoms with van der Waals surface area (Å²) in [6.45, 7) is 0.908. The molecule has 0 radical (unpaired) electrons. The summed E-state index contributed by atoms with van der Waals surface area (Å²) in [4.78, 5) is 17.8. The first kappa shape index (κ1) is 20.7. The maximum atomic E-state index is 11.1. The van der Waals surface area contributed by atoms with Gasteiger partial charge in [-0.2, -0.15) is 0 Å². The minimum absolute atomic E-state index is 0.353. The summed E-state index contributed by atoms with van der Waals surface area (Å²) in [5.41, 5.74) is 5.34. The number of piperidine rings is 1. The lowest BCUT2D eigenvalue weighted by Gasteiger charge is -2.39. The van der Waals surface area contributed by atoms with Crippen molar-refractivity contribution in [3.05, 3.63) is 95.3 Å². The molecule has 164 valence electrons. The number of hydrogen-bond donors (Lipinski definition) is 2. The van der Waals surface area contributed by atoms with Crippen LogP contribution in [-0.4, -0.2) is 39.1 Å². The van der Waals surface area contributed by atoms with Crippen molar-refractivity contribution in [3.63, 3.8) is 0 Å². The number of rotatable bonds is 7. The van der Waals surface area contributed by atoms with Crippen molar-refractivity contribution in [2.24, 2.45) is 0 Å². The number of carboxylic acids is 1. The number of nitrogens with zero attached hydrogens (tertiary/aromatic N) is 2. The van der Waals surface area contributed by atoms with Crippen LogP contribution >= 0.6 is 0 Å². The largest absolute Gasteiger partial charge is 0.478 e. The van der Waals surface area contributed by atoms with Crippen molar-refractivity contribution in [3.8, 4) is 0 Å². The molecule has 2 N–H and O–H groups in total. The number of benzene rings is 2. The molecular formula is C27H29N3O2. The van der Waals surface area contributed by atoms with Crippen LogP contribution in [0.2, 0.25) is 0 Å². The molecule has 2 saturated heterocycles. The van der Waals surface area contributed by atoms with Crippen molar-refractivity contribution in [2.45, 2.75) is 56.8 Å². The van der Waals surface area contributed by atoms with Gasteiger partial charge in [-0.1, -0.05) is 24.3 Å². The van der Waals surface area contributed by atoms with Crippen LogP contribution in [0.1, 0.15) is 52.7 Å². The summed E-state index contributed by atoms with van der Waals surface area (Å²) in [6.07, 6.45) is 9.43. The van der Waals surface area contributed by atoms with Gasteiger partial charge < -0.3 is 10.4 Å². The van der Waals surface area contributed by atoms with E-state index in [2.05, 4.69) is 51.6 Å². The van der Waals surface area contributed by atoms with E-state index in [1.807, 2.05) is 24.5 Å². The highest BCUT2D eigenvalue weighted by atomic mass is 16.4. The quantitative estimate of drug-likeness (QED) is 0.557. The molecule has 5 heteroatoms. The van der Waals surface area contributed by atoms with Crippen LogP contribution in [0.15, 0.2) is 73.1 Å². The highest BCUT2D eigenvalue weighted by Crippen LogP contribution is 2.38. The van der Waals surface area contributed by atoms with Crippen LogP contribution in [0.5, 0.6) is 0 Å². The second kappa shape index (κ2) is 9.13. The fourth-order valence-electron chi connectivity index (χ4n) is 5.30. The first-order valence-corrected chi connectivity index (χ1v) is 11.5. The Balaban J connectivity index is 1.17. The molecule has 2 aliphatic rings. The summed E-state index contributed by atoms with van der Waals surface area (Å²) in [7, 11) is 0. The number of pyridine rings is 1. The lowest BCUT2D eigenvalue weighted by atomic mass is 9.96. The molecule has 0 amide bonds. The van der Waals surface area contributed by atoms with Gasteiger partial charge in [0.2, 0.25) is 0 Å². The molecule has 32 heavy (non-hydrogen) atoms. The number of hydrogen-bond acceptors (Lipinski definition) is 4. The number of anilines is 1. The van der Waals surface area contributed by atoms with E-state index in [9.17, 15) is 4.79 Å². The zero-order chi connectivity index (χ0) is 21.9. The summed E-state index contributed by atoms with van der Waals surface area (Å²) >= 11 is 0. The van der Waals surface area contributed by atoms with Crippen molar-refractivity contribution >= 4 is 11.7 Å². The van der Waals surface area contributed by atoms with E-state index in [1.165, 1.54) is 35.2 Å². The molecule has 3 aromatic rings. The minimum atomic E-state index is -0.867. The van der Waals surface area contributed by atoms with Gasteiger partial charge in [-0.15, -0.1) is 0 Å². The zero-order valence-corrected chi connectivity index (χ0v) is 18.2. The molecule has 0 unspecified atom stereocenters. The number of nitrogens with one attached hydrogen (secondary N) is 1. The summed E-state index contributed by atoms with van der Waals surface area (Å²) in [5, 5.41) is 12.9. The standard InChI is InChI=1S/C27H29N3O2/c31-27(32)22-5-1-21(2-6-22)18-30-25-9-10-26(30)17-24(16-25)29-23-7-3-19(4-8-23)15-20-11-13-28-14-12-20/h1-8,11-14,24-26,29H,9-10,15-18H2,(H,31,32)/t24-,25-,26+. The van der Waals surface area contributed by atoms with E-state index in [0.717, 1.165) is 25.8 Å². The first-order chi connectivity index (χ1) is 15.6. The van der Waals surface area contributed by atoms with Gasteiger partial charge >= 0.3 is 5.97 Å². The Morgan fingerprint density at radius 2 is 1.47 bits per heavy atom. The lowest BCUT2D eigenvalue weighted by molar-refractivity contribution is 0.0696. The molecule has 5 nitrogen and oxygen atoms in total. The molecule has 1 aromatic heterocycles. The predicted octanol–water partition coefficient (Wildman–Crippen LogP) is 4.98. The Labute approximate surface area is 189 Å². The molecule has 3 heterocycles. The van der Waals surface area contributed by atoms with E-state index in [0.29, 0.717) is 23.7 Å². The SMILES string of the molecule is O=C(O)c1ccc(CN2[C@@H]3CC[C@H]2C[C@H](Nc2ccc(Cc4ccncc4)cc2)C3)cc1. The number of fused-ring (bicyclic) bond motifs is 2. The van der Waals surface area contributed by atoms with Gasteiger partial charge in [-0.05, 0) is 85.2 Å². The van der Waals surface area contributed by atoms with E-state index >= 15 is 0 Å². The van der Waals surface area contributed by atoms with Gasteiger partial charge in [-0.3, -0.25) is 9.88 Å². The predicted molar refractivity (Wildman–Crippen MR) is 126 cm³/mol. The third-order valence-electron chi connectivity index (χ3n) is 6.93. The van der Waals surface area contributed by atoms with Crippen molar-refractivity contribution in [2.75, 3.05) is 5.32 Å².